The number of methoxy groups -OCH3 is 1. The van der Waals surface area contributed by atoms with Crippen molar-refractivity contribution in [3.8, 4) is 11.5 Å². The van der Waals surface area contributed by atoms with Crippen LogP contribution in [0.3, 0.4) is 0 Å². The molecule has 1 heterocycles. The van der Waals surface area contributed by atoms with E-state index in [-0.39, 0.29) is 16.2 Å². The molecule has 0 saturated carbocycles. The summed E-state index contributed by atoms with van der Waals surface area (Å²) in [6.07, 6.45) is -4.16. The lowest BCUT2D eigenvalue weighted by Gasteiger charge is -2.29. The molecule has 0 radical (unpaired) electrons. The van der Waals surface area contributed by atoms with Crippen LogP contribution in [0, 0.1) is 0 Å². The van der Waals surface area contributed by atoms with E-state index in [0.717, 1.165) is 11.8 Å². The summed E-state index contributed by atoms with van der Waals surface area (Å²) in [5.74, 6) is -0.476. The number of hydrazone groups is 1. The average Bonchev–Trinajstić information content (AvgIpc) is 2.59. The quantitative estimate of drug-likeness (QED) is 0.691. The molecule has 10 heteroatoms. The van der Waals surface area contributed by atoms with Gasteiger partial charge in [-0.05, 0) is 38.7 Å². The predicted octanol–water partition coefficient (Wildman–Crippen LogP) is 3.81. The van der Waals surface area contributed by atoms with Gasteiger partial charge in [-0.3, -0.25) is 4.79 Å². The number of carbonyl (C=O) groups is 1. The molecular formula is C17H22F3N3O3S. The van der Waals surface area contributed by atoms with Crippen LogP contribution in [0.4, 0.5) is 18.0 Å². The number of alkyl halides is 3. The van der Waals surface area contributed by atoms with E-state index >= 15 is 0 Å². The van der Waals surface area contributed by atoms with Gasteiger partial charge in [-0.15, -0.1) is 13.2 Å². The van der Waals surface area contributed by atoms with Crippen LogP contribution in [0.1, 0.15) is 18.9 Å². The third-order valence-corrected chi connectivity index (χ3v) is 5.06. The molecule has 0 aromatic heterocycles. The first kappa shape index (κ1) is 21.4. The number of thioether (sulfide) groups is 1. The van der Waals surface area contributed by atoms with E-state index in [1.165, 1.54) is 30.3 Å². The molecule has 0 spiro atoms. The second-order valence-electron chi connectivity index (χ2n) is 6.11. The predicted molar refractivity (Wildman–Crippen MR) is 98.5 cm³/mol. The third kappa shape index (κ3) is 5.77. The molecule has 1 aliphatic rings. The van der Waals surface area contributed by atoms with Crippen molar-refractivity contribution < 1.29 is 27.4 Å². The Morgan fingerprint density at radius 3 is 2.56 bits per heavy atom. The van der Waals surface area contributed by atoms with Crippen molar-refractivity contribution in [3.63, 3.8) is 0 Å². The smallest absolute Gasteiger partial charge is 0.493 e. The largest absolute Gasteiger partial charge is 0.573 e. The lowest BCUT2D eigenvalue weighted by atomic mass is 10.0. The Kier molecular flexibility index (Phi) is 6.99. The topological polar surface area (TPSA) is 54.4 Å². The van der Waals surface area contributed by atoms with Gasteiger partial charge in [0, 0.05) is 12.1 Å². The fourth-order valence-corrected chi connectivity index (χ4v) is 3.42. The molecule has 1 atom stereocenters. The SMILES string of the molecule is CCC1SC(=O)N(CCN(C)C)N=C1c1ccc(OC(F)(F)F)c(OC)c1. The summed E-state index contributed by atoms with van der Waals surface area (Å²) >= 11 is 1.16. The number of carbonyl (C=O) groups excluding carboxylic acids is 1. The normalized spacial score (nSPS) is 17.9. The van der Waals surface area contributed by atoms with Gasteiger partial charge in [-0.25, -0.2) is 5.01 Å². The maximum absolute atomic E-state index is 12.5. The van der Waals surface area contributed by atoms with Gasteiger partial charge in [-0.2, -0.15) is 5.10 Å². The molecule has 0 aliphatic carbocycles. The number of ether oxygens (including phenoxy) is 2. The summed E-state index contributed by atoms with van der Waals surface area (Å²) in [5, 5.41) is 5.53. The van der Waals surface area contributed by atoms with Crippen molar-refractivity contribution in [2.24, 2.45) is 5.10 Å². The van der Waals surface area contributed by atoms with E-state index < -0.39 is 12.1 Å². The molecule has 27 heavy (non-hydrogen) atoms. The Bertz CT molecular complexity index is 710. The summed E-state index contributed by atoms with van der Waals surface area (Å²) in [5.41, 5.74) is 1.21. The first-order valence-electron chi connectivity index (χ1n) is 8.30. The highest BCUT2D eigenvalue weighted by molar-refractivity contribution is 8.14. The first-order valence-corrected chi connectivity index (χ1v) is 9.18. The minimum atomic E-state index is -4.81. The monoisotopic (exact) mass is 405 g/mol. The molecule has 0 fully saturated rings. The minimum Gasteiger partial charge on any atom is -0.493 e. The van der Waals surface area contributed by atoms with Gasteiger partial charge in [0.15, 0.2) is 11.5 Å². The van der Waals surface area contributed by atoms with E-state index in [4.69, 9.17) is 4.74 Å². The fourth-order valence-electron chi connectivity index (χ4n) is 2.47. The Hall–Kier alpha value is -1.94. The lowest BCUT2D eigenvalue weighted by molar-refractivity contribution is -0.275. The summed E-state index contributed by atoms with van der Waals surface area (Å²) < 4.78 is 46.6. The van der Waals surface area contributed by atoms with Crippen molar-refractivity contribution in [2.45, 2.75) is 25.0 Å². The zero-order valence-electron chi connectivity index (χ0n) is 15.5. The van der Waals surface area contributed by atoms with E-state index in [1.807, 2.05) is 25.9 Å². The summed E-state index contributed by atoms with van der Waals surface area (Å²) in [7, 11) is 5.06. The Balaban J connectivity index is 2.36. The molecule has 1 unspecified atom stereocenters. The Labute approximate surface area is 160 Å². The molecule has 6 nitrogen and oxygen atoms in total. The zero-order valence-corrected chi connectivity index (χ0v) is 16.4. The van der Waals surface area contributed by atoms with E-state index in [9.17, 15) is 18.0 Å². The van der Waals surface area contributed by atoms with Crippen molar-refractivity contribution in [2.75, 3.05) is 34.3 Å². The average molecular weight is 405 g/mol. The highest BCUT2D eigenvalue weighted by atomic mass is 32.2. The number of nitrogens with zero attached hydrogens (tertiary/aromatic N) is 3. The molecule has 1 aromatic rings. The molecule has 0 saturated heterocycles. The van der Waals surface area contributed by atoms with Crippen molar-refractivity contribution in [3.05, 3.63) is 23.8 Å². The van der Waals surface area contributed by atoms with Crippen molar-refractivity contribution in [1.29, 1.82) is 0 Å². The maximum Gasteiger partial charge on any atom is 0.573 e. The van der Waals surface area contributed by atoms with Crippen molar-refractivity contribution in [1.82, 2.24) is 9.91 Å². The van der Waals surface area contributed by atoms with Gasteiger partial charge in [0.2, 0.25) is 0 Å². The lowest BCUT2D eigenvalue weighted by Crippen LogP contribution is -2.38. The molecule has 1 amide bonds. The number of likely N-dealkylation sites (N-methyl/N-ethyl adjacent to an activating group) is 1. The number of hydrogen-bond acceptors (Lipinski definition) is 6. The first-order chi connectivity index (χ1) is 12.6. The molecule has 2 rings (SSSR count). The molecule has 150 valence electrons. The second kappa shape index (κ2) is 8.83. The number of amides is 1. The fraction of sp³-hybridized carbons (Fsp3) is 0.529. The van der Waals surface area contributed by atoms with Crippen LogP contribution < -0.4 is 9.47 Å². The highest BCUT2D eigenvalue weighted by Gasteiger charge is 2.34. The molecule has 0 bridgehead atoms. The van der Waals surface area contributed by atoms with Crippen LogP contribution in [0.15, 0.2) is 23.3 Å². The van der Waals surface area contributed by atoms with Crippen LogP contribution in [0.5, 0.6) is 11.5 Å². The van der Waals surface area contributed by atoms with Crippen LogP contribution in [-0.2, 0) is 0 Å². The zero-order chi connectivity index (χ0) is 20.2. The summed E-state index contributed by atoms with van der Waals surface area (Å²) in [6, 6.07) is 4.14. The van der Waals surface area contributed by atoms with Gasteiger partial charge >= 0.3 is 11.6 Å². The van der Waals surface area contributed by atoms with Crippen LogP contribution in [0.2, 0.25) is 0 Å². The Morgan fingerprint density at radius 2 is 2.00 bits per heavy atom. The minimum absolute atomic E-state index is 0.0517. The molecule has 0 N–H and O–H groups in total. The summed E-state index contributed by atoms with van der Waals surface area (Å²) in [4.78, 5) is 14.2. The maximum atomic E-state index is 12.5. The van der Waals surface area contributed by atoms with Crippen molar-refractivity contribution >= 4 is 22.7 Å². The Morgan fingerprint density at radius 1 is 1.30 bits per heavy atom. The van der Waals surface area contributed by atoms with E-state index in [0.29, 0.717) is 30.8 Å². The third-order valence-electron chi connectivity index (χ3n) is 3.80. The van der Waals surface area contributed by atoms with Crippen LogP contribution >= 0.6 is 11.8 Å². The van der Waals surface area contributed by atoms with E-state index in [1.54, 1.807) is 0 Å². The summed E-state index contributed by atoms with van der Waals surface area (Å²) in [6.45, 7) is 2.99. The molecule has 1 aromatic carbocycles. The standard InChI is InChI=1S/C17H22F3N3O3S/c1-5-14-15(21-23(16(24)27-14)9-8-22(2)3)11-6-7-12(13(10-11)25-4)26-17(18,19)20/h6-7,10,14H,5,8-9H2,1-4H3. The van der Waals surface area contributed by atoms with Gasteiger partial charge in [0.25, 0.3) is 0 Å². The second-order valence-corrected chi connectivity index (χ2v) is 7.26. The highest BCUT2D eigenvalue weighted by Crippen LogP contribution is 2.35. The number of rotatable bonds is 7. The number of benzene rings is 1. The number of halogens is 3. The van der Waals surface area contributed by atoms with Gasteiger partial charge < -0.3 is 14.4 Å². The molecular weight excluding hydrogens is 383 g/mol. The van der Waals surface area contributed by atoms with Crippen LogP contribution in [-0.4, -0.2) is 66.8 Å². The van der Waals surface area contributed by atoms with Gasteiger partial charge in [0.05, 0.1) is 24.6 Å². The van der Waals surface area contributed by atoms with E-state index in [2.05, 4.69) is 9.84 Å². The van der Waals surface area contributed by atoms with Crippen LogP contribution in [0.25, 0.3) is 0 Å². The number of hydrogen-bond donors (Lipinski definition) is 0. The van der Waals surface area contributed by atoms with Gasteiger partial charge in [-0.1, -0.05) is 18.7 Å². The van der Waals surface area contributed by atoms with Gasteiger partial charge in [0.1, 0.15) is 0 Å². The molecule has 1 aliphatic heterocycles.